The van der Waals surface area contributed by atoms with Crippen molar-refractivity contribution in [3.63, 3.8) is 0 Å². The minimum atomic E-state index is 0.511. The van der Waals surface area contributed by atoms with Gasteiger partial charge in [0.25, 0.3) is 0 Å². The average molecular weight is 374 g/mol. The maximum atomic E-state index is 4.61. The van der Waals surface area contributed by atoms with Crippen molar-refractivity contribution < 1.29 is 0 Å². The number of aryl methyl sites for hydroxylation is 1. The maximum absolute atomic E-state index is 4.61. The Kier molecular flexibility index (Phi) is 5.72. The van der Waals surface area contributed by atoms with Crippen LogP contribution in [0.5, 0.6) is 0 Å². The van der Waals surface area contributed by atoms with Gasteiger partial charge >= 0.3 is 0 Å². The van der Waals surface area contributed by atoms with Crippen LogP contribution in [0, 0.1) is 6.92 Å². The normalized spacial score (nSPS) is 22.8. The Morgan fingerprint density at radius 1 is 1.00 bits per heavy atom. The van der Waals surface area contributed by atoms with E-state index in [0.717, 1.165) is 25.5 Å². The predicted molar refractivity (Wildman–Crippen MR) is 106 cm³/mol. The smallest absolute Gasteiger partial charge is 0.146 e. The van der Waals surface area contributed by atoms with Crippen molar-refractivity contribution in [1.82, 2.24) is 24.6 Å². The van der Waals surface area contributed by atoms with E-state index in [2.05, 4.69) is 50.7 Å². The Balaban J connectivity index is 1.40. The lowest BCUT2D eigenvalue weighted by atomic mass is 9.97. The summed E-state index contributed by atoms with van der Waals surface area (Å²) in [5.74, 6) is 2.83. The summed E-state index contributed by atoms with van der Waals surface area (Å²) in [5, 5.41) is 9.16. The molecule has 5 nitrogen and oxygen atoms in total. The lowest BCUT2D eigenvalue weighted by molar-refractivity contribution is 0.195. The quantitative estimate of drug-likeness (QED) is 0.803. The summed E-state index contributed by atoms with van der Waals surface area (Å²) in [6.45, 7) is 8.94. The molecule has 6 heteroatoms. The Labute approximate surface area is 161 Å². The van der Waals surface area contributed by atoms with Gasteiger partial charge in [-0.25, -0.2) is 0 Å². The fourth-order valence-corrected chi connectivity index (χ4v) is 5.32. The summed E-state index contributed by atoms with van der Waals surface area (Å²) in [5.41, 5.74) is 0. The van der Waals surface area contributed by atoms with Gasteiger partial charge < -0.3 is 4.57 Å². The first-order valence-corrected chi connectivity index (χ1v) is 10.9. The van der Waals surface area contributed by atoms with Crippen molar-refractivity contribution in [2.45, 2.75) is 58.0 Å². The van der Waals surface area contributed by atoms with Crippen molar-refractivity contribution in [3.05, 3.63) is 33.5 Å². The second-order valence-corrected chi connectivity index (χ2v) is 9.33. The van der Waals surface area contributed by atoms with Crippen LogP contribution in [-0.4, -0.2) is 50.7 Å². The summed E-state index contributed by atoms with van der Waals surface area (Å²) >= 11 is 1.92. The summed E-state index contributed by atoms with van der Waals surface area (Å²) in [6, 6.07) is 4.51. The monoisotopic (exact) mass is 373 g/mol. The number of rotatable bonds is 5. The van der Waals surface area contributed by atoms with Crippen molar-refractivity contribution in [2.24, 2.45) is 7.05 Å². The molecule has 2 fully saturated rings. The van der Waals surface area contributed by atoms with Gasteiger partial charge in [-0.15, -0.1) is 21.5 Å². The largest absolute Gasteiger partial charge is 0.317 e. The third-order valence-electron chi connectivity index (χ3n) is 5.86. The molecule has 26 heavy (non-hydrogen) atoms. The third-order valence-corrected chi connectivity index (χ3v) is 6.84. The lowest BCUT2D eigenvalue weighted by Crippen LogP contribution is -2.34. The fourth-order valence-electron chi connectivity index (χ4n) is 4.39. The Morgan fingerprint density at radius 3 is 2.58 bits per heavy atom. The van der Waals surface area contributed by atoms with Crippen molar-refractivity contribution in [2.75, 3.05) is 26.2 Å². The Hall–Kier alpha value is -1.24. The average Bonchev–Trinajstić information content (AvgIpc) is 3.22. The van der Waals surface area contributed by atoms with E-state index in [1.807, 2.05) is 11.3 Å². The molecule has 2 aromatic heterocycles. The van der Waals surface area contributed by atoms with Crippen molar-refractivity contribution in [1.29, 1.82) is 0 Å². The maximum Gasteiger partial charge on any atom is 0.146 e. The van der Waals surface area contributed by atoms with Gasteiger partial charge in [-0.2, -0.15) is 0 Å². The van der Waals surface area contributed by atoms with Crippen LogP contribution in [0.15, 0.2) is 12.1 Å². The molecule has 1 atom stereocenters. The first-order valence-electron chi connectivity index (χ1n) is 10.1. The molecule has 0 aliphatic carbocycles. The van der Waals surface area contributed by atoms with E-state index in [4.69, 9.17) is 0 Å². The lowest BCUT2D eigenvalue weighted by Gasteiger charge is -2.32. The van der Waals surface area contributed by atoms with Crippen molar-refractivity contribution >= 4 is 11.3 Å². The number of likely N-dealkylation sites (tertiary alicyclic amines) is 2. The highest BCUT2D eigenvalue weighted by Gasteiger charge is 2.26. The summed E-state index contributed by atoms with van der Waals surface area (Å²) in [4.78, 5) is 8.01. The van der Waals surface area contributed by atoms with E-state index < -0.39 is 0 Å². The fraction of sp³-hybridized carbons (Fsp3) is 0.700. The number of hydrogen-bond acceptors (Lipinski definition) is 5. The van der Waals surface area contributed by atoms with E-state index in [9.17, 15) is 0 Å². The van der Waals surface area contributed by atoms with Crippen LogP contribution in [0.25, 0.3) is 0 Å². The molecule has 1 unspecified atom stereocenters. The van der Waals surface area contributed by atoms with Crippen LogP contribution in [0.4, 0.5) is 0 Å². The van der Waals surface area contributed by atoms with Crippen molar-refractivity contribution in [3.8, 4) is 0 Å². The highest BCUT2D eigenvalue weighted by molar-refractivity contribution is 7.11. The standard InChI is InChI=1S/C20H31N5S/c1-16-8-9-18(26-16)14-25-12-6-7-17(13-25)20-22-21-19(23(20)2)15-24-10-4-3-5-11-24/h8-9,17H,3-7,10-15H2,1-2H3. The first-order chi connectivity index (χ1) is 12.7. The molecule has 0 N–H and O–H groups in total. The van der Waals surface area contributed by atoms with E-state index in [0.29, 0.717) is 5.92 Å². The molecule has 0 amide bonds. The van der Waals surface area contributed by atoms with Crippen LogP contribution in [0.1, 0.15) is 59.4 Å². The van der Waals surface area contributed by atoms with E-state index in [-0.39, 0.29) is 0 Å². The highest BCUT2D eigenvalue weighted by atomic mass is 32.1. The summed E-state index contributed by atoms with van der Waals surface area (Å²) < 4.78 is 2.28. The molecule has 0 radical (unpaired) electrons. The van der Waals surface area contributed by atoms with Gasteiger partial charge in [0.1, 0.15) is 11.6 Å². The number of piperidine rings is 2. The minimum absolute atomic E-state index is 0.511. The summed E-state index contributed by atoms with van der Waals surface area (Å²) in [7, 11) is 2.16. The van der Waals surface area contributed by atoms with Gasteiger partial charge in [0, 0.05) is 35.8 Å². The molecule has 0 aromatic carbocycles. The number of thiophene rings is 1. The second kappa shape index (κ2) is 8.19. The molecule has 4 heterocycles. The number of nitrogens with zero attached hydrogens (tertiary/aromatic N) is 5. The molecular weight excluding hydrogens is 342 g/mol. The zero-order chi connectivity index (χ0) is 17.9. The van der Waals surface area contributed by atoms with Crippen LogP contribution in [0.3, 0.4) is 0 Å². The molecule has 4 rings (SSSR count). The predicted octanol–water partition coefficient (Wildman–Crippen LogP) is 3.55. The first kappa shape index (κ1) is 18.1. The van der Waals surface area contributed by atoms with Gasteiger partial charge in [-0.1, -0.05) is 6.42 Å². The highest BCUT2D eigenvalue weighted by Crippen LogP contribution is 2.28. The molecule has 0 saturated carbocycles. The van der Waals surface area contributed by atoms with Crippen LogP contribution < -0.4 is 0 Å². The topological polar surface area (TPSA) is 37.2 Å². The molecule has 142 valence electrons. The van der Waals surface area contributed by atoms with Crippen LogP contribution in [-0.2, 0) is 20.1 Å². The van der Waals surface area contributed by atoms with Crippen LogP contribution >= 0.6 is 11.3 Å². The molecule has 2 aliphatic rings. The number of hydrogen-bond donors (Lipinski definition) is 0. The van der Waals surface area contributed by atoms with E-state index in [1.165, 1.54) is 67.3 Å². The molecule has 2 aliphatic heterocycles. The molecule has 0 bridgehead atoms. The molecular formula is C20H31N5S. The molecule has 0 spiro atoms. The third kappa shape index (κ3) is 4.18. The van der Waals surface area contributed by atoms with E-state index >= 15 is 0 Å². The Bertz CT molecular complexity index is 716. The zero-order valence-corrected chi connectivity index (χ0v) is 17.0. The van der Waals surface area contributed by atoms with Gasteiger partial charge in [0.05, 0.1) is 6.54 Å². The summed E-state index contributed by atoms with van der Waals surface area (Å²) in [6.07, 6.45) is 6.51. The van der Waals surface area contributed by atoms with Gasteiger partial charge in [0.2, 0.25) is 0 Å². The molecule has 2 aromatic rings. The van der Waals surface area contributed by atoms with Gasteiger partial charge in [0.15, 0.2) is 0 Å². The number of aromatic nitrogens is 3. The van der Waals surface area contributed by atoms with Gasteiger partial charge in [-0.3, -0.25) is 9.80 Å². The SMILES string of the molecule is Cc1ccc(CN2CCCC(c3nnc(CN4CCCCC4)n3C)C2)s1. The van der Waals surface area contributed by atoms with Crippen LogP contribution in [0.2, 0.25) is 0 Å². The minimum Gasteiger partial charge on any atom is -0.317 e. The second-order valence-electron chi connectivity index (χ2n) is 7.96. The zero-order valence-electron chi connectivity index (χ0n) is 16.2. The van der Waals surface area contributed by atoms with Gasteiger partial charge in [-0.05, 0) is 64.4 Å². The molecule has 2 saturated heterocycles. The Morgan fingerprint density at radius 2 is 1.81 bits per heavy atom. The van der Waals surface area contributed by atoms with E-state index in [1.54, 1.807) is 0 Å².